The molecule has 3 rings (SSSR count). The molecular formula is C16H12F3NO2S. The molecule has 7 heteroatoms. The molecule has 0 aliphatic rings. The van der Waals surface area contributed by atoms with Crippen LogP contribution in [0.2, 0.25) is 0 Å². The molecule has 0 atom stereocenters. The molecule has 0 N–H and O–H groups in total. The fraction of sp³-hybridized carbons (Fsp3) is 0.125. The van der Waals surface area contributed by atoms with Crippen LogP contribution in [0, 0.1) is 6.92 Å². The van der Waals surface area contributed by atoms with Crippen molar-refractivity contribution in [3.05, 3.63) is 65.9 Å². The molecule has 2 aromatic carbocycles. The topological polar surface area (TPSA) is 39.1 Å². The second-order valence-corrected chi connectivity index (χ2v) is 7.02. The Kier molecular flexibility index (Phi) is 3.48. The monoisotopic (exact) mass is 339 g/mol. The lowest BCUT2D eigenvalue weighted by Gasteiger charge is -2.10. The van der Waals surface area contributed by atoms with E-state index in [0.717, 1.165) is 21.7 Å². The molecule has 0 saturated carbocycles. The number of rotatable bonds is 2. The zero-order chi connectivity index (χ0) is 16.8. The van der Waals surface area contributed by atoms with E-state index in [1.807, 2.05) is 6.92 Å². The molecule has 120 valence electrons. The van der Waals surface area contributed by atoms with Gasteiger partial charge in [0.1, 0.15) is 0 Å². The Morgan fingerprint density at radius 2 is 1.61 bits per heavy atom. The van der Waals surface area contributed by atoms with E-state index in [9.17, 15) is 21.6 Å². The Morgan fingerprint density at radius 1 is 0.957 bits per heavy atom. The Labute approximate surface area is 131 Å². The van der Waals surface area contributed by atoms with Crippen LogP contribution >= 0.6 is 0 Å². The molecule has 0 saturated heterocycles. The maximum absolute atomic E-state index is 12.9. The molecule has 0 unspecified atom stereocenters. The third-order valence-corrected chi connectivity index (χ3v) is 5.27. The number of nitrogens with zero attached hydrogens (tertiary/aromatic N) is 1. The smallest absolute Gasteiger partial charge is 0.241 e. The molecule has 0 amide bonds. The first-order valence-corrected chi connectivity index (χ1v) is 8.14. The summed E-state index contributed by atoms with van der Waals surface area (Å²) in [6.45, 7) is 1.82. The van der Waals surface area contributed by atoms with Gasteiger partial charge in [-0.15, -0.1) is 0 Å². The number of hydrogen-bond donors (Lipinski definition) is 0. The number of halogens is 3. The summed E-state index contributed by atoms with van der Waals surface area (Å²) in [6.07, 6.45) is -3.27. The average molecular weight is 339 g/mol. The van der Waals surface area contributed by atoms with Crippen molar-refractivity contribution in [3.63, 3.8) is 0 Å². The van der Waals surface area contributed by atoms with Crippen LogP contribution < -0.4 is 0 Å². The van der Waals surface area contributed by atoms with Crippen molar-refractivity contribution in [3.8, 4) is 0 Å². The Morgan fingerprint density at radius 3 is 2.22 bits per heavy atom. The summed E-state index contributed by atoms with van der Waals surface area (Å²) >= 11 is 0. The largest absolute Gasteiger partial charge is 0.416 e. The molecule has 0 bridgehead atoms. The van der Waals surface area contributed by atoms with Crippen LogP contribution in [-0.2, 0) is 16.2 Å². The lowest BCUT2D eigenvalue weighted by atomic mass is 10.1. The van der Waals surface area contributed by atoms with Crippen LogP contribution in [0.4, 0.5) is 13.2 Å². The number of benzene rings is 2. The second kappa shape index (κ2) is 5.13. The van der Waals surface area contributed by atoms with Crippen molar-refractivity contribution in [2.75, 3.05) is 0 Å². The average Bonchev–Trinajstić information content (AvgIpc) is 2.90. The molecule has 0 fully saturated rings. The maximum atomic E-state index is 12.9. The van der Waals surface area contributed by atoms with E-state index in [1.165, 1.54) is 30.5 Å². The first-order chi connectivity index (χ1) is 10.7. The van der Waals surface area contributed by atoms with E-state index >= 15 is 0 Å². The first-order valence-electron chi connectivity index (χ1n) is 6.70. The normalized spacial score (nSPS) is 12.7. The zero-order valence-corrected chi connectivity index (χ0v) is 12.8. The second-order valence-electron chi connectivity index (χ2n) is 5.20. The number of hydrogen-bond acceptors (Lipinski definition) is 2. The van der Waals surface area contributed by atoms with Crippen LogP contribution in [0.3, 0.4) is 0 Å². The third-order valence-electron chi connectivity index (χ3n) is 3.56. The van der Waals surface area contributed by atoms with Crippen molar-refractivity contribution in [2.24, 2.45) is 0 Å². The van der Waals surface area contributed by atoms with Gasteiger partial charge in [0.25, 0.3) is 10.0 Å². The van der Waals surface area contributed by atoms with Gasteiger partial charge in [-0.1, -0.05) is 23.8 Å². The van der Waals surface area contributed by atoms with Gasteiger partial charge in [0.15, 0.2) is 0 Å². The molecule has 0 aliphatic carbocycles. The fourth-order valence-electron chi connectivity index (χ4n) is 2.31. The van der Waals surface area contributed by atoms with E-state index in [0.29, 0.717) is 5.39 Å². The molecule has 1 heterocycles. The highest BCUT2D eigenvalue weighted by Crippen LogP contribution is 2.32. The van der Waals surface area contributed by atoms with Gasteiger partial charge < -0.3 is 0 Å². The summed E-state index contributed by atoms with van der Waals surface area (Å²) in [5.41, 5.74) is 0.00475. The summed E-state index contributed by atoms with van der Waals surface area (Å²) < 4.78 is 64.8. The highest BCUT2D eigenvalue weighted by Gasteiger charge is 2.31. The predicted molar refractivity (Wildman–Crippen MR) is 80.7 cm³/mol. The van der Waals surface area contributed by atoms with Gasteiger partial charge >= 0.3 is 6.18 Å². The minimum absolute atomic E-state index is 0.000370. The summed E-state index contributed by atoms with van der Waals surface area (Å²) in [7, 11) is -3.95. The molecule has 3 aromatic rings. The van der Waals surface area contributed by atoms with E-state index in [2.05, 4.69) is 0 Å². The number of fused-ring (bicyclic) bond motifs is 1. The lowest BCUT2D eigenvalue weighted by molar-refractivity contribution is -0.137. The highest BCUT2D eigenvalue weighted by atomic mass is 32.2. The Bertz CT molecular complexity index is 971. The van der Waals surface area contributed by atoms with Crippen LogP contribution in [0.15, 0.2) is 59.6 Å². The minimum atomic E-state index is -4.53. The van der Waals surface area contributed by atoms with Gasteiger partial charge in [-0.05, 0) is 37.3 Å². The summed E-state index contributed by atoms with van der Waals surface area (Å²) in [5.74, 6) is 0. The Balaban J connectivity index is 2.21. The van der Waals surface area contributed by atoms with Crippen molar-refractivity contribution >= 4 is 20.9 Å². The van der Waals surface area contributed by atoms with Crippen LogP contribution in [0.5, 0.6) is 0 Å². The fourth-order valence-corrected chi connectivity index (χ4v) is 3.66. The number of aryl methyl sites for hydroxylation is 1. The molecule has 23 heavy (non-hydrogen) atoms. The van der Waals surface area contributed by atoms with E-state index < -0.39 is 21.8 Å². The van der Waals surface area contributed by atoms with Gasteiger partial charge in [-0.3, -0.25) is 0 Å². The first kappa shape index (κ1) is 15.6. The predicted octanol–water partition coefficient (Wildman–Crippen LogP) is 4.21. The lowest BCUT2D eigenvalue weighted by Crippen LogP contribution is -2.12. The summed E-state index contributed by atoms with van der Waals surface area (Å²) in [6, 6.07) is 10.7. The van der Waals surface area contributed by atoms with Crippen LogP contribution in [0.25, 0.3) is 10.9 Å². The standard InChI is InChI=1S/C16H12F3NO2S/c1-11-2-6-14(7-3-11)23(21,22)20-9-8-12-4-5-13(10-15(12)20)16(17,18)19/h2-10H,1H3. The molecule has 1 aromatic heterocycles. The van der Waals surface area contributed by atoms with Crippen molar-refractivity contribution < 1.29 is 21.6 Å². The highest BCUT2D eigenvalue weighted by molar-refractivity contribution is 7.90. The van der Waals surface area contributed by atoms with Gasteiger partial charge in [-0.25, -0.2) is 12.4 Å². The third kappa shape index (κ3) is 2.72. The van der Waals surface area contributed by atoms with Crippen LogP contribution in [0.1, 0.15) is 11.1 Å². The molecule has 3 nitrogen and oxygen atoms in total. The Hall–Kier alpha value is -2.28. The van der Waals surface area contributed by atoms with E-state index in [1.54, 1.807) is 12.1 Å². The van der Waals surface area contributed by atoms with E-state index in [4.69, 9.17) is 0 Å². The molecule has 0 radical (unpaired) electrons. The summed E-state index contributed by atoms with van der Waals surface area (Å²) in [5, 5.41) is 0.425. The minimum Gasteiger partial charge on any atom is -0.241 e. The van der Waals surface area contributed by atoms with Crippen molar-refractivity contribution in [2.45, 2.75) is 18.0 Å². The van der Waals surface area contributed by atoms with Crippen molar-refractivity contribution in [1.29, 1.82) is 0 Å². The SMILES string of the molecule is Cc1ccc(S(=O)(=O)n2ccc3ccc(C(F)(F)F)cc32)cc1. The van der Waals surface area contributed by atoms with E-state index in [-0.39, 0.29) is 10.4 Å². The number of aromatic nitrogens is 1. The molecular weight excluding hydrogens is 327 g/mol. The maximum Gasteiger partial charge on any atom is 0.416 e. The molecule has 0 aliphatic heterocycles. The van der Waals surface area contributed by atoms with Crippen LogP contribution in [-0.4, -0.2) is 12.4 Å². The van der Waals surface area contributed by atoms with Crippen molar-refractivity contribution in [1.82, 2.24) is 3.97 Å². The number of alkyl halides is 3. The zero-order valence-electron chi connectivity index (χ0n) is 12.0. The van der Waals surface area contributed by atoms with Gasteiger partial charge in [0.05, 0.1) is 16.0 Å². The van der Waals surface area contributed by atoms with Gasteiger partial charge in [0.2, 0.25) is 0 Å². The van der Waals surface area contributed by atoms with Gasteiger partial charge in [-0.2, -0.15) is 13.2 Å². The molecule has 0 spiro atoms. The quantitative estimate of drug-likeness (QED) is 0.702. The van der Waals surface area contributed by atoms with Gasteiger partial charge in [0, 0.05) is 11.6 Å². The summed E-state index contributed by atoms with van der Waals surface area (Å²) in [4.78, 5) is 0.0259.